The zero-order chi connectivity index (χ0) is 14.8. The van der Waals surface area contributed by atoms with Crippen molar-refractivity contribution in [3.05, 3.63) is 46.5 Å². The van der Waals surface area contributed by atoms with Gasteiger partial charge in [-0.05, 0) is 30.4 Å². The van der Waals surface area contributed by atoms with E-state index in [1.54, 1.807) is 5.38 Å². The van der Waals surface area contributed by atoms with E-state index in [4.69, 9.17) is 10.8 Å². The lowest BCUT2D eigenvalue weighted by Crippen LogP contribution is -2.21. The third-order valence-corrected chi connectivity index (χ3v) is 4.57. The average molecular weight is 303 g/mol. The summed E-state index contributed by atoms with van der Waals surface area (Å²) in [7, 11) is 0. The highest BCUT2D eigenvalue weighted by Crippen LogP contribution is 2.33. The van der Waals surface area contributed by atoms with Crippen molar-refractivity contribution in [2.24, 2.45) is 5.73 Å². The monoisotopic (exact) mass is 303 g/mol. The number of carboxylic acid groups (broad SMARTS) is 1. The molecule has 0 saturated carbocycles. The molecule has 6 heteroatoms. The fraction of sp³-hybridized carbons (Fsp3) is 0.333. The van der Waals surface area contributed by atoms with Gasteiger partial charge in [0.05, 0.1) is 11.7 Å². The molecule has 1 heterocycles. The number of hydrogen-bond donors (Lipinski definition) is 3. The van der Waals surface area contributed by atoms with Crippen LogP contribution >= 0.6 is 11.3 Å². The number of nitrogens with two attached hydrogens (primary N) is 1. The standard InChI is InChI=1S/C15H17N3O2S/c16-13(14(19)20)12-8-21-15(18-12)17-11-7-3-5-9-4-1-2-6-10(9)11/h1-2,4,6,8,11,13H,3,5,7,16H2,(H,17,18)(H,19,20). The number of carboxylic acids is 1. The maximum absolute atomic E-state index is 10.9. The predicted octanol–water partition coefficient (Wildman–Crippen LogP) is 2.72. The van der Waals surface area contributed by atoms with Crippen molar-refractivity contribution in [3.63, 3.8) is 0 Å². The Morgan fingerprint density at radius 3 is 3.10 bits per heavy atom. The van der Waals surface area contributed by atoms with Crippen molar-refractivity contribution in [1.29, 1.82) is 0 Å². The fourth-order valence-electron chi connectivity index (χ4n) is 2.67. The van der Waals surface area contributed by atoms with Gasteiger partial charge >= 0.3 is 5.97 Å². The first-order valence-corrected chi connectivity index (χ1v) is 7.81. The SMILES string of the molecule is NC(C(=O)O)c1csc(NC2CCCc3ccccc32)n1. The molecule has 0 radical (unpaired) electrons. The van der Waals surface area contributed by atoms with Crippen molar-refractivity contribution >= 4 is 22.4 Å². The van der Waals surface area contributed by atoms with Crippen molar-refractivity contribution in [3.8, 4) is 0 Å². The van der Waals surface area contributed by atoms with E-state index in [9.17, 15) is 4.79 Å². The van der Waals surface area contributed by atoms with Crippen LogP contribution in [0.3, 0.4) is 0 Å². The minimum atomic E-state index is -1.06. The second-order valence-electron chi connectivity index (χ2n) is 5.18. The molecule has 4 N–H and O–H groups in total. The third-order valence-electron chi connectivity index (χ3n) is 3.77. The molecule has 1 aliphatic rings. The maximum atomic E-state index is 10.9. The summed E-state index contributed by atoms with van der Waals surface area (Å²) in [4.78, 5) is 15.2. The summed E-state index contributed by atoms with van der Waals surface area (Å²) in [5, 5.41) is 14.8. The highest BCUT2D eigenvalue weighted by atomic mass is 32.1. The van der Waals surface area contributed by atoms with Gasteiger partial charge < -0.3 is 16.2 Å². The quantitative estimate of drug-likeness (QED) is 0.808. The van der Waals surface area contributed by atoms with Gasteiger partial charge in [0, 0.05) is 5.38 Å². The Morgan fingerprint density at radius 2 is 2.29 bits per heavy atom. The molecule has 3 rings (SSSR count). The third kappa shape index (κ3) is 2.91. The smallest absolute Gasteiger partial charge is 0.326 e. The number of carbonyl (C=O) groups is 1. The van der Waals surface area contributed by atoms with Crippen LogP contribution in [0.5, 0.6) is 0 Å². The van der Waals surface area contributed by atoms with Crippen molar-refractivity contribution < 1.29 is 9.90 Å². The van der Waals surface area contributed by atoms with E-state index in [-0.39, 0.29) is 6.04 Å². The van der Waals surface area contributed by atoms with E-state index in [0.717, 1.165) is 24.4 Å². The Balaban J connectivity index is 1.78. The lowest BCUT2D eigenvalue weighted by atomic mass is 9.88. The lowest BCUT2D eigenvalue weighted by Gasteiger charge is -2.26. The molecule has 110 valence electrons. The minimum Gasteiger partial charge on any atom is -0.480 e. The highest BCUT2D eigenvalue weighted by molar-refractivity contribution is 7.13. The van der Waals surface area contributed by atoms with Gasteiger partial charge in [-0.2, -0.15) is 0 Å². The molecule has 0 spiro atoms. The van der Waals surface area contributed by atoms with Crippen LogP contribution in [-0.4, -0.2) is 16.1 Å². The van der Waals surface area contributed by atoms with Crippen LogP contribution in [0.25, 0.3) is 0 Å². The van der Waals surface area contributed by atoms with E-state index in [1.165, 1.54) is 22.5 Å². The van der Waals surface area contributed by atoms with Gasteiger partial charge in [-0.3, -0.25) is 4.79 Å². The molecule has 5 nitrogen and oxygen atoms in total. The molecule has 0 bridgehead atoms. The molecule has 1 aromatic heterocycles. The normalized spacial score (nSPS) is 18.8. The van der Waals surface area contributed by atoms with Crippen molar-refractivity contribution in [1.82, 2.24) is 4.98 Å². The number of hydrogen-bond acceptors (Lipinski definition) is 5. The molecule has 2 unspecified atom stereocenters. The van der Waals surface area contributed by atoms with E-state index in [0.29, 0.717) is 5.69 Å². The Morgan fingerprint density at radius 1 is 1.48 bits per heavy atom. The summed E-state index contributed by atoms with van der Waals surface area (Å²) in [6.07, 6.45) is 3.31. The number of nitrogens with one attached hydrogen (secondary N) is 1. The number of aliphatic carboxylic acids is 1. The van der Waals surface area contributed by atoms with Crippen LogP contribution in [0.2, 0.25) is 0 Å². The Bertz CT molecular complexity index is 656. The lowest BCUT2D eigenvalue weighted by molar-refractivity contribution is -0.138. The first kappa shape index (κ1) is 14.0. The maximum Gasteiger partial charge on any atom is 0.326 e. The van der Waals surface area contributed by atoms with Gasteiger partial charge in [0.2, 0.25) is 0 Å². The summed E-state index contributed by atoms with van der Waals surface area (Å²) in [5.41, 5.74) is 8.66. The van der Waals surface area contributed by atoms with E-state index < -0.39 is 12.0 Å². The zero-order valence-electron chi connectivity index (χ0n) is 11.5. The van der Waals surface area contributed by atoms with Crippen LogP contribution in [0.1, 0.15) is 41.7 Å². The second kappa shape index (κ2) is 5.83. The number of fused-ring (bicyclic) bond motifs is 1. The van der Waals surface area contributed by atoms with Crippen LogP contribution in [-0.2, 0) is 11.2 Å². The topological polar surface area (TPSA) is 88.2 Å². The predicted molar refractivity (Wildman–Crippen MR) is 82.4 cm³/mol. The molecular weight excluding hydrogens is 286 g/mol. The molecule has 0 amide bonds. The number of aromatic nitrogens is 1. The van der Waals surface area contributed by atoms with Crippen LogP contribution in [0, 0.1) is 0 Å². The van der Waals surface area contributed by atoms with Gasteiger partial charge in [0.25, 0.3) is 0 Å². The molecule has 1 aromatic carbocycles. The molecular formula is C15H17N3O2S. The number of nitrogens with zero attached hydrogens (tertiary/aromatic N) is 1. The number of anilines is 1. The summed E-state index contributed by atoms with van der Waals surface area (Å²) < 4.78 is 0. The molecule has 0 aliphatic heterocycles. The summed E-state index contributed by atoms with van der Waals surface area (Å²) >= 11 is 1.40. The highest BCUT2D eigenvalue weighted by Gasteiger charge is 2.22. The van der Waals surface area contributed by atoms with E-state index in [2.05, 4.69) is 28.5 Å². The van der Waals surface area contributed by atoms with Gasteiger partial charge in [0.1, 0.15) is 6.04 Å². The number of benzene rings is 1. The Kier molecular flexibility index (Phi) is 3.90. The van der Waals surface area contributed by atoms with Gasteiger partial charge in [-0.15, -0.1) is 11.3 Å². The minimum absolute atomic E-state index is 0.231. The molecule has 21 heavy (non-hydrogen) atoms. The molecule has 1 aliphatic carbocycles. The van der Waals surface area contributed by atoms with Gasteiger partial charge in [-0.25, -0.2) is 4.98 Å². The fourth-order valence-corrected chi connectivity index (χ4v) is 3.47. The zero-order valence-corrected chi connectivity index (χ0v) is 12.3. The second-order valence-corrected chi connectivity index (χ2v) is 6.04. The van der Waals surface area contributed by atoms with Crippen molar-refractivity contribution in [2.45, 2.75) is 31.3 Å². The summed E-state index contributed by atoms with van der Waals surface area (Å²) in [6, 6.07) is 7.59. The van der Waals surface area contributed by atoms with Gasteiger partial charge in [0.15, 0.2) is 5.13 Å². The van der Waals surface area contributed by atoms with Crippen molar-refractivity contribution in [2.75, 3.05) is 5.32 Å². The van der Waals surface area contributed by atoms with Crippen LogP contribution in [0.15, 0.2) is 29.6 Å². The summed E-state index contributed by atoms with van der Waals surface area (Å²) in [5.74, 6) is -1.06. The van der Waals surface area contributed by atoms with E-state index >= 15 is 0 Å². The average Bonchev–Trinajstić information content (AvgIpc) is 2.95. The molecule has 2 aromatic rings. The number of thiazole rings is 1. The first-order chi connectivity index (χ1) is 10.1. The van der Waals surface area contributed by atoms with Crippen LogP contribution in [0.4, 0.5) is 5.13 Å². The summed E-state index contributed by atoms with van der Waals surface area (Å²) in [6.45, 7) is 0. The molecule has 0 saturated heterocycles. The van der Waals surface area contributed by atoms with E-state index in [1.807, 2.05) is 6.07 Å². The van der Waals surface area contributed by atoms with Crippen LogP contribution < -0.4 is 11.1 Å². The van der Waals surface area contributed by atoms with Gasteiger partial charge in [-0.1, -0.05) is 24.3 Å². The first-order valence-electron chi connectivity index (χ1n) is 6.93. The number of rotatable bonds is 4. The molecule has 0 fully saturated rings. The Labute approximate surface area is 126 Å². The number of aryl methyl sites for hydroxylation is 1. The molecule has 2 atom stereocenters. The Hall–Kier alpha value is -1.92. The largest absolute Gasteiger partial charge is 0.480 e.